The van der Waals surface area contributed by atoms with Gasteiger partial charge in [-0.1, -0.05) is 24.3 Å². The number of hydrogen-bond acceptors (Lipinski definition) is 4. The number of hydrogen-bond donors (Lipinski definition) is 2. The van der Waals surface area contributed by atoms with Gasteiger partial charge in [0.1, 0.15) is 0 Å². The summed E-state index contributed by atoms with van der Waals surface area (Å²) >= 11 is 0. The van der Waals surface area contributed by atoms with E-state index in [1.165, 1.54) is 16.0 Å². The van der Waals surface area contributed by atoms with Crippen LogP contribution in [0.4, 0.5) is 0 Å². The standard InChI is InChI=1S/C22H24N2O3/c1-14-4-9-20-19(10-11-23-21(20)15(14)2)16-5-7-17(8-6-16)22(27)24(3)12-18(26)13-25/h4-11,18,25-26H,12-13H2,1-3H3/t18-/m1/s1. The van der Waals surface area contributed by atoms with E-state index in [1.54, 1.807) is 19.2 Å². The molecule has 140 valence electrons. The van der Waals surface area contributed by atoms with E-state index in [2.05, 4.69) is 31.0 Å². The first-order valence-corrected chi connectivity index (χ1v) is 8.92. The summed E-state index contributed by atoms with van der Waals surface area (Å²) in [6.45, 7) is 3.87. The maximum Gasteiger partial charge on any atom is 0.253 e. The maximum absolute atomic E-state index is 12.5. The van der Waals surface area contributed by atoms with Crippen LogP contribution in [0.3, 0.4) is 0 Å². The van der Waals surface area contributed by atoms with Crippen molar-refractivity contribution in [3.05, 3.63) is 65.4 Å². The largest absolute Gasteiger partial charge is 0.394 e. The summed E-state index contributed by atoms with van der Waals surface area (Å²) in [5.41, 5.74) is 6.00. The highest BCUT2D eigenvalue weighted by molar-refractivity contribution is 5.98. The summed E-state index contributed by atoms with van der Waals surface area (Å²) in [5, 5.41) is 19.5. The van der Waals surface area contributed by atoms with E-state index in [1.807, 2.05) is 24.4 Å². The Morgan fingerprint density at radius 3 is 2.48 bits per heavy atom. The summed E-state index contributed by atoms with van der Waals surface area (Å²) in [5.74, 6) is -0.194. The van der Waals surface area contributed by atoms with Gasteiger partial charge in [-0.05, 0) is 54.3 Å². The minimum absolute atomic E-state index is 0.0880. The predicted molar refractivity (Wildman–Crippen MR) is 107 cm³/mol. The average molecular weight is 364 g/mol. The molecule has 0 fully saturated rings. The second-order valence-electron chi connectivity index (χ2n) is 6.86. The van der Waals surface area contributed by atoms with Crippen molar-refractivity contribution in [2.75, 3.05) is 20.2 Å². The molecule has 0 unspecified atom stereocenters. The van der Waals surface area contributed by atoms with E-state index in [4.69, 9.17) is 5.11 Å². The van der Waals surface area contributed by atoms with Crippen molar-refractivity contribution in [2.45, 2.75) is 20.0 Å². The Bertz CT molecular complexity index is 967. The van der Waals surface area contributed by atoms with Gasteiger partial charge in [0.15, 0.2) is 0 Å². The molecule has 5 heteroatoms. The smallest absolute Gasteiger partial charge is 0.253 e. The van der Waals surface area contributed by atoms with Gasteiger partial charge in [-0.3, -0.25) is 9.78 Å². The molecule has 1 heterocycles. The normalized spacial score (nSPS) is 12.2. The Balaban J connectivity index is 1.91. The molecule has 2 aromatic carbocycles. The lowest BCUT2D eigenvalue weighted by Crippen LogP contribution is -2.35. The first-order valence-electron chi connectivity index (χ1n) is 8.92. The van der Waals surface area contributed by atoms with Crippen LogP contribution in [-0.2, 0) is 0 Å². The molecule has 5 nitrogen and oxygen atoms in total. The van der Waals surface area contributed by atoms with Crippen molar-refractivity contribution in [3.63, 3.8) is 0 Å². The van der Waals surface area contributed by atoms with Crippen molar-refractivity contribution >= 4 is 16.8 Å². The molecule has 2 N–H and O–H groups in total. The van der Waals surface area contributed by atoms with Crippen molar-refractivity contribution < 1.29 is 15.0 Å². The van der Waals surface area contributed by atoms with Crippen LogP contribution in [0.15, 0.2) is 48.7 Å². The molecule has 1 amide bonds. The third-order valence-electron chi connectivity index (χ3n) is 4.92. The number of fused-ring (bicyclic) bond motifs is 1. The quantitative estimate of drug-likeness (QED) is 0.730. The Labute approximate surface area is 158 Å². The zero-order chi connectivity index (χ0) is 19.6. The fourth-order valence-corrected chi connectivity index (χ4v) is 3.18. The van der Waals surface area contributed by atoms with Crippen molar-refractivity contribution in [1.82, 2.24) is 9.88 Å². The molecule has 0 saturated heterocycles. The lowest BCUT2D eigenvalue weighted by atomic mass is 9.97. The third kappa shape index (κ3) is 3.84. The van der Waals surface area contributed by atoms with Gasteiger partial charge in [0, 0.05) is 30.7 Å². The van der Waals surface area contributed by atoms with Gasteiger partial charge < -0.3 is 15.1 Å². The van der Waals surface area contributed by atoms with Crippen LogP contribution in [0.25, 0.3) is 22.0 Å². The first-order chi connectivity index (χ1) is 12.9. The number of carbonyl (C=O) groups is 1. The van der Waals surface area contributed by atoms with Crippen LogP contribution in [0.2, 0.25) is 0 Å². The molecule has 1 aromatic heterocycles. The van der Waals surface area contributed by atoms with Gasteiger partial charge in [0.2, 0.25) is 0 Å². The summed E-state index contributed by atoms with van der Waals surface area (Å²) < 4.78 is 0. The number of amides is 1. The predicted octanol–water partition coefficient (Wildman–Crippen LogP) is 2.94. The van der Waals surface area contributed by atoms with E-state index >= 15 is 0 Å². The van der Waals surface area contributed by atoms with E-state index in [0.29, 0.717) is 5.56 Å². The number of nitrogens with zero attached hydrogens (tertiary/aromatic N) is 2. The lowest BCUT2D eigenvalue weighted by molar-refractivity contribution is 0.0520. The van der Waals surface area contributed by atoms with Gasteiger partial charge >= 0.3 is 0 Å². The second kappa shape index (κ2) is 7.86. The molecule has 3 aromatic rings. The van der Waals surface area contributed by atoms with Crippen LogP contribution in [0.1, 0.15) is 21.5 Å². The number of aliphatic hydroxyl groups is 2. The molecule has 0 radical (unpaired) electrons. The monoisotopic (exact) mass is 364 g/mol. The minimum atomic E-state index is -0.937. The molecular formula is C22H24N2O3. The number of pyridine rings is 1. The van der Waals surface area contributed by atoms with Crippen molar-refractivity contribution in [1.29, 1.82) is 0 Å². The second-order valence-corrected chi connectivity index (χ2v) is 6.86. The first kappa shape index (κ1) is 19.0. The summed E-state index contributed by atoms with van der Waals surface area (Å²) in [4.78, 5) is 18.4. The maximum atomic E-state index is 12.5. The molecule has 0 aliphatic heterocycles. The molecule has 1 atom stereocenters. The molecular weight excluding hydrogens is 340 g/mol. The van der Waals surface area contributed by atoms with Crippen molar-refractivity contribution in [3.8, 4) is 11.1 Å². The number of aliphatic hydroxyl groups excluding tert-OH is 2. The Morgan fingerprint density at radius 1 is 1.11 bits per heavy atom. The average Bonchev–Trinajstić information content (AvgIpc) is 2.69. The highest BCUT2D eigenvalue weighted by Gasteiger charge is 2.15. The van der Waals surface area contributed by atoms with E-state index < -0.39 is 6.10 Å². The minimum Gasteiger partial charge on any atom is -0.394 e. The van der Waals surface area contributed by atoms with Crippen LogP contribution >= 0.6 is 0 Å². The molecule has 0 aliphatic carbocycles. The number of aromatic nitrogens is 1. The third-order valence-corrected chi connectivity index (χ3v) is 4.92. The highest BCUT2D eigenvalue weighted by atomic mass is 16.3. The SMILES string of the molecule is Cc1ccc2c(-c3ccc(C(=O)N(C)C[C@@H](O)CO)cc3)ccnc2c1C. The molecule has 0 aliphatic rings. The van der Waals surface area contributed by atoms with Gasteiger partial charge in [-0.2, -0.15) is 0 Å². The van der Waals surface area contributed by atoms with Gasteiger partial charge in [0.25, 0.3) is 5.91 Å². The van der Waals surface area contributed by atoms with E-state index in [9.17, 15) is 9.90 Å². The molecule has 0 bridgehead atoms. The Morgan fingerprint density at radius 2 is 1.81 bits per heavy atom. The van der Waals surface area contributed by atoms with Crippen LogP contribution in [-0.4, -0.2) is 52.3 Å². The summed E-state index contributed by atoms with van der Waals surface area (Å²) in [6.07, 6.45) is 0.876. The Kier molecular flexibility index (Phi) is 5.54. The Hall–Kier alpha value is -2.76. The molecule has 3 rings (SSSR count). The zero-order valence-electron chi connectivity index (χ0n) is 15.8. The van der Waals surface area contributed by atoms with E-state index in [-0.39, 0.29) is 19.1 Å². The van der Waals surface area contributed by atoms with Crippen LogP contribution < -0.4 is 0 Å². The number of carbonyl (C=O) groups excluding carboxylic acids is 1. The molecule has 27 heavy (non-hydrogen) atoms. The highest BCUT2D eigenvalue weighted by Crippen LogP contribution is 2.30. The fraction of sp³-hybridized carbons (Fsp3) is 0.273. The molecule has 0 saturated carbocycles. The van der Waals surface area contributed by atoms with E-state index in [0.717, 1.165) is 22.0 Å². The fourth-order valence-electron chi connectivity index (χ4n) is 3.18. The summed E-state index contributed by atoms with van der Waals surface area (Å²) in [7, 11) is 1.61. The topological polar surface area (TPSA) is 73.7 Å². The number of rotatable bonds is 5. The summed E-state index contributed by atoms with van der Waals surface area (Å²) in [6, 6.07) is 13.6. The van der Waals surface area contributed by atoms with Crippen LogP contribution in [0, 0.1) is 13.8 Å². The number of benzene rings is 2. The van der Waals surface area contributed by atoms with Gasteiger partial charge in [-0.15, -0.1) is 0 Å². The number of aryl methyl sites for hydroxylation is 2. The zero-order valence-corrected chi connectivity index (χ0v) is 15.8. The van der Waals surface area contributed by atoms with Gasteiger partial charge in [-0.25, -0.2) is 0 Å². The van der Waals surface area contributed by atoms with Crippen LogP contribution in [0.5, 0.6) is 0 Å². The lowest BCUT2D eigenvalue weighted by Gasteiger charge is -2.20. The molecule has 0 spiro atoms. The van der Waals surface area contributed by atoms with Crippen molar-refractivity contribution in [2.24, 2.45) is 0 Å². The van der Waals surface area contributed by atoms with Gasteiger partial charge in [0.05, 0.1) is 18.2 Å². The number of likely N-dealkylation sites (N-methyl/N-ethyl adjacent to an activating group) is 1.